The summed E-state index contributed by atoms with van der Waals surface area (Å²) < 4.78 is 26.0. The molecule has 0 saturated heterocycles. The molecule has 1 fully saturated rings. The van der Waals surface area contributed by atoms with Crippen molar-refractivity contribution in [3.05, 3.63) is 18.0 Å². The molecule has 2 rings (SSSR count). The van der Waals surface area contributed by atoms with Crippen LogP contribution in [0.3, 0.4) is 0 Å². The maximum absolute atomic E-state index is 12.2. The Morgan fingerprint density at radius 2 is 2.11 bits per heavy atom. The van der Waals surface area contributed by atoms with Crippen molar-refractivity contribution in [2.24, 2.45) is 0 Å². The monoisotopic (exact) mass is 283 g/mol. The van der Waals surface area contributed by atoms with Crippen molar-refractivity contribution in [2.75, 3.05) is 5.75 Å². The third-order valence-electron chi connectivity index (χ3n) is 3.56. The molecule has 0 unspecified atom stereocenters. The van der Waals surface area contributed by atoms with Gasteiger partial charge in [-0.15, -0.1) is 5.10 Å². The van der Waals surface area contributed by atoms with E-state index in [1.54, 1.807) is 10.9 Å². The SMILES string of the molecule is C/C=C/c1cn(CCS(=O)(=O)C2CCCCC2)nn1. The maximum atomic E-state index is 12.2. The van der Waals surface area contributed by atoms with Crippen molar-refractivity contribution in [3.8, 4) is 0 Å². The third kappa shape index (κ3) is 3.89. The maximum Gasteiger partial charge on any atom is 0.154 e. The van der Waals surface area contributed by atoms with Crippen LogP contribution in [0.15, 0.2) is 12.3 Å². The fourth-order valence-electron chi connectivity index (χ4n) is 2.48. The summed E-state index contributed by atoms with van der Waals surface area (Å²) >= 11 is 0. The van der Waals surface area contributed by atoms with E-state index >= 15 is 0 Å². The van der Waals surface area contributed by atoms with Crippen LogP contribution in [0.25, 0.3) is 6.08 Å². The summed E-state index contributed by atoms with van der Waals surface area (Å²) in [4.78, 5) is 0. The molecule has 0 radical (unpaired) electrons. The zero-order valence-electron chi connectivity index (χ0n) is 11.3. The molecule has 0 amide bonds. The molecular weight excluding hydrogens is 262 g/mol. The molecule has 19 heavy (non-hydrogen) atoms. The molecule has 0 spiro atoms. The summed E-state index contributed by atoms with van der Waals surface area (Å²) in [7, 11) is -2.99. The van der Waals surface area contributed by atoms with Crippen molar-refractivity contribution in [1.82, 2.24) is 15.0 Å². The summed E-state index contributed by atoms with van der Waals surface area (Å²) in [6.45, 7) is 2.30. The summed E-state index contributed by atoms with van der Waals surface area (Å²) in [5, 5.41) is 7.75. The van der Waals surface area contributed by atoms with E-state index in [2.05, 4.69) is 10.3 Å². The molecule has 5 nitrogen and oxygen atoms in total. The Morgan fingerprint density at radius 3 is 2.79 bits per heavy atom. The average molecular weight is 283 g/mol. The van der Waals surface area contributed by atoms with Gasteiger partial charge in [-0.2, -0.15) is 0 Å². The van der Waals surface area contributed by atoms with Gasteiger partial charge in [0.15, 0.2) is 9.84 Å². The Morgan fingerprint density at radius 1 is 1.37 bits per heavy atom. The zero-order chi connectivity index (χ0) is 13.7. The third-order valence-corrected chi connectivity index (χ3v) is 5.80. The van der Waals surface area contributed by atoms with Crippen LogP contribution in [0.5, 0.6) is 0 Å². The fraction of sp³-hybridized carbons (Fsp3) is 0.692. The van der Waals surface area contributed by atoms with Crippen molar-refractivity contribution in [2.45, 2.75) is 50.8 Å². The first-order valence-electron chi connectivity index (χ1n) is 6.86. The lowest BCUT2D eigenvalue weighted by atomic mass is 10.0. The molecule has 1 aromatic heterocycles. The largest absolute Gasteiger partial charge is 0.251 e. The highest BCUT2D eigenvalue weighted by Crippen LogP contribution is 2.24. The molecule has 0 N–H and O–H groups in total. The van der Waals surface area contributed by atoms with Gasteiger partial charge >= 0.3 is 0 Å². The highest BCUT2D eigenvalue weighted by molar-refractivity contribution is 7.92. The minimum Gasteiger partial charge on any atom is -0.251 e. The minimum absolute atomic E-state index is 0.139. The Labute approximate surface area is 114 Å². The van der Waals surface area contributed by atoms with Crippen LogP contribution < -0.4 is 0 Å². The van der Waals surface area contributed by atoms with Gasteiger partial charge in [0, 0.05) is 0 Å². The van der Waals surface area contributed by atoms with Crippen molar-refractivity contribution in [3.63, 3.8) is 0 Å². The Balaban J connectivity index is 1.92. The standard InChI is InChI=1S/C13H21N3O2S/c1-2-6-12-11-16(15-14-12)9-10-19(17,18)13-7-4-3-5-8-13/h2,6,11,13H,3-5,7-10H2,1H3/b6-2+. The van der Waals surface area contributed by atoms with Crippen LogP contribution >= 0.6 is 0 Å². The molecular formula is C13H21N3O2S. The summed E-state index contributed by atoms with van der Waals surface area (Å²) in [5.74, 6) is 0.163. The zero-order valence-corrected chi connectivity index (χ0v) is 12.1. The Bertz CT molecular complexity index is 528. The van der Waals surface area contributed by atoms with E-state index in [1.807, 2.05) is 19.1 Å². The molecule has 1 aliphatic carbocycles. The number of sulfone groups is 1. The number of allylic oxidation sites excluding steroid dienone is 1. The van der Waals surface area contributed by atoms with E-state index in [0.29, 0.717) is 6.54 Å². The smallest absolute Gasteiger partial charge is 0.154 e. The second kappa shape index (κ2) is 6.32. The van der Waals surface area contributed by atoms with Gasteiger partial charge in [0.2, 0.25) is 0 Å². The molecule has 1 heterocycles. The number of aryl methyl sites for hydroxylation is 1. The van der Waals surface area contributed by atoms with E-state index < -0.39 is 9.84 Å². The number of rotatable bonds is 5. The van der Waals surface area contributed by atoms with E-state index in [4.69, 9.17) is 0 Å². The fourth-order valence-corrected chi connectivity index (χ4v) is 4.31. The number of hydrogen-bond donors (Lipinski definition) is 0. The predicted molar refractivity (Wildman–Crippen MR) is 75.4 cm³/mol. The normalized spacial score (nSPS) is 18.2. The van der Waals surface area contributed by atoms with Crippen LogP contribution in [-0.4, -0.2) is 34.4 Å². The Hall–Kier alpha value is -1.17. The van der Waals surface area contributed by atoms with Crippen LogP contribution in [0.1, 0.15) is 44.7 Å². The van der Waals surface area contributed by atoms with E-state index in [-0.39, 0.29) is 11.0 Å². The number of hydrogen-bond acceptors (Lipinski definition) is 4. The average Bonchev–Trinajstić information content (AvgIpc) is 2.86. The first kappa shape index (κ1) is 14.2. The molecule has 1 aliphatic rings. The van der Waals surface area contributed by atoms with Gasteiger partial charge < -0.3 is 0 Å². The molecule has 106 valence electrons. The van der Waals surface area contributed by atoms with E-state index in [9.17, 15) is 8.42 Å². The highest BCUT2D eigenvalue weighted by atomic mass is 32.2. The molecule has 0 bridgehead atoms. The molecule has 1 aromatic rings. The van der Waals surface area contributed by atoms with Gasteiger partial charge in [-0.1, -0.05) is 30.6 Å². The lowest BCUT2D eigenvalue weighted by molar-refractivity contribution is 0.480. The van der Waals surface area contributed by atoms with Crippen molar-refractivity contribution < 1.29 is 8.42 Å². The molecule has 0 aliphatic heterocycles. The quantitative estimate of drug-likeness (QED) is 0.829. The number of aromatic nitrogens is 3. The van der Waals surface area contributed by atoms with Gasteiger partial charge in [-0.3, -0.25) is 4.68 Å². The van der Waals surface area contributed by atoms with Gasteiger partial charge in [0.05, 0.1) is 23.7 Å². The van der Waals surface area contributed by atoms with Crippen molar-refractivity contribution in [1.29, 1.82) is 0 Å². The summed E-state index contributed by atoms with van der Waals surface area (Å²) in [6, 6.07) is 0. The van der Waals surface area contributed by atoms with E-state index in [1.165, 1.54) is 6.42 Å². The van der Waals surface area contributed by atoms with Crippen LogP contribution in [0.4, 0.5) is 0 Å². The number of nitrogens with zero attached hydrogens (tertiary/aromatic N) is 3. The second-order valence-corrected chi connectivity index (χ2v) is 7.43. The lowest BCUT2D eigenvalue weighted by Crippen LogP contribution is -2.28. The molecule has 0 aromatic carbocycles. The van der Waals surface area contributed by atoms with Crippen molar-refractivity contribution >= 4 is 15.9 Å². The van der Waals surface area contributed by atoms with Crippen LogP contribution in [0, 0.1) is 0 Å². The van der Waals surface area contributed by atoms with Gasteiger partial charge in [0.25, 0.3) is 0 Å². The first-order chi connectivity index (χ1) is 9.12. The van der Waals surface area contributed by atoms with Crippen LogP contribution in [-0.2, 0) is 16.4 Å². The first-order valence-corrected chi connectivity index (χ1v) is 8.58. The van der Waals surface area contributed by atoms with Gasteiger partial charge in [0.1, 0.15) is 5.69 Å². The van der Waals surface area contributed by atoms with Gasteiger partial charge in [-0.05, 0) is 25.8 Å². The van der Waals surface area contributed by atoms with E-state index in [0.717, 1.165) is 31.4 Å². The minimum atomic E-state index is -2.99. The molecule has 0 atom stereocenters. The van der Waals surface area contributed by atoms with Gasteiger partial charge in [-0.25, -0.2) is 8.42 Å². The topological polar surface area (TPSA) is 64.8 Å². The summed E-state index contributed by atoms with van der Waals surface area (Å²) in [5.41, 5.74) is 0.762. The molecule has 6 heteroatoms. The van der Waals surface area contributed by atoms with Crippen LogP contribution in [0.2, 0.25) is 0 Å². The predicted octanol–water partition coefficient (Wildman–Crippen LogP) is 2.06. The molecule has 1 saturated carbocycles. The lowest BCUT2D eigenvalue weighted by Gasteiger charge is -2.21. The second-order valence-electron chi connectivity index (χ2n) is 5.03. The Kier molecular flexibility index (Phi) is 4.74. The highest BCUT2D eigenvalue weighted by Gasteiger charge is 2.26. The summed E-state index contributed by atoms with van der Waals surface area (Å²) in [6.07, 6.45) is 10.4.